The molecule has 1 atom stereocenters. The summed E-state index contributed by atoms with van der Waals surface area (Å²) in [6.07, 6.45) is 2.92. The molecule has 0 aliphatic carbocycles. The van der Waals surface area contributed by atoms with E-state index in [0.717, 1.165) is 30.8 Å². The van der Waals surface area contributed by atoms with Crippen molar-refractivity contribution < 1.29 is 9.47 Å². The molecule has 1 aliphatic rings. The zero-order valence-electron chi connectivity index (χ0n) is 9.19. The van der Waals surface area contributed by atoms with Crippen molar-refractivity contribution in [2.45, 2.75) is 25.4 Å². The molecule has 1 heterocycles. The predicted molar refractivity (Wildman–Crippen MR) is 60.2 cm³/mol. The summed E-state index contributed by atoms with van der Waals surface area (Å²) < 4.78 is 11.1. The van der Waals surface area contributed by atoms with Crippen LogP contribution in [0, 0.1) is 11.3 Å². The van der Waals surface area contributed by atoms with E-state index in [1.54, 1.807) is 0 Å². The van der Waals surface area contributed by atoms with Gasteiger partial charge in [-0.15, -0.1) is 0 Å². The fourth-order valence-electron chi connectivity index (χ4n) is 1.76. The van der Waals surface area contributed by atoms with Gasteiger partial charge in [0.15, 0.2) is 0 Å². The Balaban J connectivity index is 1.82. The quantitative estimate of drug-likeness (QED) is 0.777. The number of hydrogen-bond donors (Lipinski definition) is 0. The maximum atomic E-state index is 8.54. The Morgan fingerprint density at radius 1 is 1.38 bits per heavy atom. The molecule has 3 heteroatoms. The maximum absolute atomic E-state index is 8.54. The van der Waals surface area contributed by atoms with Crippen LogP contribution in [0.15, 0.2) is 24.3 Å². The second-order valence-corrected chi connectivity index (χ2v) is 3.92. The molecule has 1 fully saturated rings. The fraction of sp³-hybridized carbons (Fsp3) is 0.462. The molecule has 1 aromatic rings. The zero-order valence-corrected chi connectivity index (χ0v) is 9.19. The minimum absolute atomic E-state index is 0.249. The fourth-order valence-corrected chi connectivity index (χ4v) is 1.76. The second-order valence-electron chi connectivity index (χ2n) is 3.92. The highest BCUT2D eigenvalue weighted by Crippen LogP contribution is 2.16. The van der Waals surface area contributed by atoms with Crippen LogP contribution >= 0.6 is 0 Å². The minimum Gasteiger partial charge on any atom is -0.491 e. The third-order valence-corrected chi connectivity index (χ3v) is 2.67. The molecule has 0 spiro atoms. The van der Waals surface area contributed by atoms with Crippen molar-refractivity contribution in [2.24, 2.45) is 0 Å². The molecule has 0 N–H and O–H groups in total. The SMILES string of the molecule is N#CCc1ccc(OCC2CCCO2)cc1. The summed E-state index contributed by atoms with van der Waals surface area (Å²) in [6.45, 7) is 1.48. The molecule has 84 valence electrons. The number of ether oxygens (including phenoxy) is 2. The van der Waals surface area contributed by atoms with Crippen LogP contribution in [0.25, 0.3) is 0 Å². The van der Waals surface area contributed by atoms with E-state index in [1.807, 2.05) is 24.3 Å². The van der Waals surface area contributed by atoms with Crippen molar-refractivity contribution in [1.82, 2.24) is 0 Å². The molecule has 1 saturated heterocycles. The normalized spacial score (nSPS) is 19.3. The van der Waals surface area contributed by atoms with E-state index in [-0.39, 0.29) is 6.10 Å². The van der Waals surface area contributed by atoms with Crippen molar-refractivity contribution in [3.05, 3.63) is 29.8 Å². The summed E-state index contributed by atoms with van der Waals surface area (Å²) >= 11 is 0. The van der Waals surface area contributed by atoms with Crippen molar-refractivity contribution in [2.75, 3.05) is 13.2 Å². The van der Waals surface area contributed by atoms with E-state index >= 15 is 0 Å². The lowest BCUT2D eigenvalue weighted by atomic mass is 10.2. The lowest BCUT2D eigenvalue weighted by molar-refractivity contribution is 0.0679. The van der Waals surface area contributed by atoms with E-state index in [1.165, 1.54) is 0 Å². The predicted octanol–water partition coefficient (Wildman–Crippen LogP) is 2.31. The van der Waals surface area contributed by atoms with Gasteiger partial charge in [-0.05, 0) is 30.5 Å². The third-order valence-electron chi connectivity index (χ3n) is 2.67. The van der Waals surface area contributed by atoms with Crippen LogP contribution in [0.3, 0.4) is 0 Å². The standard InChI is InChI=1S/C13H15NO2/c14-8-7-11-3-5-12(6-4-11)16-10-13-2-1-9-15-13/h3-6,13H,1-2,7,9-10H2. The van der Waals surface area contributed by atoms with Crippen LogP contribution in [0.4, 0.5) is 0 Å². The molecule has 16 heavy (non-hydrogen) atoms. The van der Waals surface area contributed by atoms with Gasteiger partial charge in [0.1, 0.15) is 12.4 Å². The third kappa shape index (κ3) is 2.98. The van der Waals surface area contributed by atoms with Gasteiger partial charge < -0.3 is 9.47 Å². The van der Waals surface area contributed by atoms with Gasteiger partial charge in [0.05, 0.1) is 18.6 Å². The number of nitriles is 1. The first-order chi connectivity index (χ1) is 7.88. The second kappa shape index (κ2) is 5.53. The molecule has 0 radical (unpaired) electrons. The summed E-state index contributed by atoms with van der Waals surface area (Å²) in [7, 11) is 0. The molecular formula is C13H15NO2. The van der Waals surface area contributed by atoms with E-state index in [0.29, 0.717) is 13.0 Å². The van der Waals surface area contributed by atoms with E-state index < -0.39 is 0 Å². The Morgan fingerprint density at radius 3 is 2.81 bits per heavy atom. The Hall–Kier alpha value is -1.53. The first kappa shape index (κ1) is 11.0. The molecule has 1 aromatic carbocycles. The molecule has 3 nitrogen and oxygen atoms in total. The molecule has 1 aliphatic heterocycles. The van der Waals surface area contributed by atoms with E-state index in [2.05, 4.69) is 6.07 Å². The highest BCUT2D eigenvalue weighted by molar-refractivity contribution is 5.28. The average Bonchev–Trinajstić information content (AvgIpc) is 2.82. The molecule has 2 rings (SSSR count). The van der Waals surface area contributed by atoms with Crippen molar-refractivity contribution in [1.29, 1.82) is 5.26 Å². The Bertz CT molecular complexity index is 361. The summed E-state index contributed by atoms with van der Waals surface area (Å²) in [6, 6.07) is 9.78. The van der Waals surface area contributed by atoms with Gasteiger partial charge in [-0.2, -0.15) is 5.26 Å². The van der Waals surface area contributed by atoms with Gasteiger partial charge in [-0.1, -0.05) is 12.1 Å². The summed E-state index contributed by atoms with van der Waals surface area (Å²) in [5.41, 5.74) is 1.02. The monoisotopic (exact) mass is 217 g/mol. The first-order valence-corrected chi connectivity index (χ1v) is 5.59. The molecule has 0 amide bonds. The number of benzene rings is 1. The van der Waals surface area contributed by atoms with Gasteiger partial charge in [-0.3, -0.25) is 0 Å². The van der Waals surface area contributed by atoms with Crippen LogP contribution in [-0.4, -0.2) is 19.3 Å². The molecule has 0 saturated carbocycles. The van der Waals surface area contributed by atoms with Crippen LogP contribution in [0.1, 0.15) is 18.4 Å². The van der Waals surface area contributed by atoms with Gasteiger partial charge in [-0.25, -0.2) is 0 Å². The number of rotatable bonds is 4. The largest absolute Gasteiger partial charge is 0.491 e. The molecule has 0 bridgehead atoms. The Morgan fingerprint density at radius 2 is 2.19 bits per heavy atom. The average molecular weight is 217 g/mol. The highest BCUT2D eigenvalue weighted by Gasteiger charge is 2.15. The van der Waals surface area contributed by atoms with Crippen molar-refractivity contribution in [3.63, 3.8) is 0 Å². The van der Waals surface area contributed by atoms with E-state index in [9.17, 15) is 0 Å². The summed E-state index contributed by atoms with van der Waals surface area (Å²) in [5, 5.41) is 8.54. The minimum atomic E-state index is 0.249. The lowest BCUT2D eigenvalue weighted by Crippen LogP contribution is -2.16. The highest BCUT2D eigenvalue weighted by atomic mass is 16.5. The maximum Gasteiger partial charge on any atom is 0.119 e. The van der Waals surface area contributed by atoms with Crippen LogP contribution in [-0.2, 0) is 11.2 Å². The van der Waals surface area contributed by atoms with Gasteiger partial charge >= 0.3 is 0 Å². The smallest absolute Gasteiger partial charge is 0.119 e. The topological polar surface area (TPSA) is 42.2 Å². The summed E-state index contributed by atoms with van der Waals surface area (Å²) in [5.74, 6) is 0.845. The molecule has 0 aromatic heterocycles. The van der Waals surface area contributed by atoms with Gasteiger partial charge in [0.25, 0.3) is 0 Å². The van der Waals surface area contributed by atoms with Crippen LogP contribution in [0.5, 0.6) is 5.75 Å². The van der Waals surface area contributed by atoms with Crippen LogP contribution in [0.2, 0.25) is 0 Å². The lowest BCUT2D eigenvalue weighted by Gasteiger charge is -2.11. The number of hydrogen-bond acceptors (Lipinski definition) is 3. The number of nitrogens with zero attached hydrogens (tertiary/aromatic N) is 1. The molecular weight excluding hydrogens is 202 g/mol. The zero-order chi connectivity index (χ0) is 11.2. The van der Waals surface area contributed by atoms with E-state index in [4.69, 9.17) is 14.7 Å². The van der Waals surface area contributed by atoms with Crippen LogP contribution < -0.4 is 4.74 Å². The summed E-state index contributed by atoms with van der Waals surface area (Å²) in [4.78, 5) is 0. The Kier molecular flexibility index (Phi) is 3.79. The van der Waals surface area contributed by atoms with Gasteiger partial charge in [0.2, 0.25) is 0 Å². The van der Waals surface area contributed by atoms with Crippen molar-refractivity contribution >= 4 is 0 Å². The van der Waals surface area contributed by atoms with Gasteiger partial charge in [0, 0.05) is 6.61 Å². The Labute approximate surface area is 95.6 Å². The molecule has 1 unspecified atom stereocenters. The van der Waals surface area contributed by atoms with Crippen molar-refractivity contribution in [3.8, 4) is 11.8 Å². The first-order valence-electron chi connectivity index (χ1n) is 5.59.